The number of nitrogens with zero attached hydrogens (tertiary/aromatic N) is 1. The Morgan fingerprint density at radius 2 is 1.46 bits per heavy atom. The van der Waals surface area contributed by atoms with E-state index >= 15 is 0 Å². The average molecular weight is 571 g/mol. The van der Waals surface area contributed by atoms with Crippen LogP contribution < -0.4 is 0 Å². The van der Waals surface area contributed by atoms with Crippen molar-refractivity contribution in [3.05, 3.63) is 120 Å². The number of cyclic esters (lactones) is 1. The molecule has 41 heavy (non-hydrogen) atoms. The smallest absolute Gasteiger partial charge is 0.318 e. The van der Waals surface area contributed by atoms with Gasteiger partial charge in [0, 0.05) is 31.2 Å². The molecule has 7 nitrogen and oxygen atoms in total. The standard InChI is InChI=1S/C33H34N2O5S/c1-32(2,3)28(26-16-10-15-25(19-26)22-41(38,39)31-34-17-18-35-31)27-29(36)33(40-30(27)37,20-23-11-6-4-7-12-23)21-24-13-8-5-9-14-24/h4-19,27-28H,20-22H2,1-3H3,(H,34,35). The molecular weight excluding hydrogens is 536 g/mol. The van der Waals surface area contributed by atoms with Crippen LogP contribution in [0.1, 0.15) is 48.9 Å². The summed E-state index contributed by atoms with van der Waals surface area (Å²) in [5.41, 5.74) is 1.20. The Morgan fingerprint density at radius 1 is 0.878 bits per heavy atom. The number of rotatable bonds is 9. The molecule has 1 saturated heterocycles. The van der Waals surface area contributed by atoms with E-state index in [2.05, 4.69) is 9.97 Å². The van der Waals surface area contributed by atoms with Crippen LogP contribution in [-0.2, 0) is 42.8 Å². The second-order valence-electron chi connectivity index (χ2n) is 11.8. The highest BCUT2D eigenvalue weighted by Crippen LogP contribution is 2.48. The largest absolute Gasteiger partial charge is 0.450 e. The van der Waals surface area contributed by atoms with Crippen molar-refractivity contribution in [3.8, 4) is 0 Å². The maximum atomic E-state index is 14.5. The highest BCUT2D eigenvalue weighted by atomic mass is 32.2. The van der Waals surface area contributed by atoms with Crippen molar-refractivity contribution in [2.75, 3.05) is 0 Å². The number of esters is 1. The molecule has 2 heterocycles. The maximum Gasteiger partial charge on any atom is 0.318 e. The summed E-state index contributed by atoms with van der Waals surface area (Å²) >= 11 is 0. The van der Waals surface area contributed by atoms with E-state index in [0.717, 1.165) is 16.7 Å². The number of hydrogen-bond donors (Lipinski definition) is 1. The summed E-state index contributed by atoms with van der Waals surface area (Å²) in [6.07, 6.45) is 3.39. The molecule has 1 aromatic heterocycles. The normalized spacial score (nSPS) is 17.8. The van der Waals surface area contributed by atoms with Crippen LogP contribution in [0.5, 0.6) is 0 Å². The van der Waals surface area contributed by atoms with E-state index in [9.17, 15) is 18.0 Å². The molecule has 0 bridgehead atoms. The number of ether oxygens (including phenoxy) is 1. The number of aromatic nitrogens is 2. The predicted molar refractivity (Wildman–Crippen MR) is 156 cm³/mol. The van der Waals surface area contributed by atoms with Gasteiger partial charge in [0.2, 0.25) is 15.0 Å². The molecule has 1 aliphatic heterocycles. The van der Waals surface area contributed by atoms with Crippen LogP contribution in [0.3, 0.4) is 0 Å². The second kappa shape index (κ2) is 11.1. The molecule has 2 unspecified atom stereocenters. The first-order valence-electron chi connectivity index (χ1n) is 13.6. The van der Waals surface area contributed by atoms with Crippen LogP contribution >= 0.6 is 0 Å². The summed E-state index contributed by atoms with van der Waals surface area (Å²) in [6, 6.07) is 26.3. The van der Waals surface area contributed by atoms with Crippen molar-refractivity contribution in [3.63, 3.8) is 0 Å². The number of sulfone groups is 1. The molecule has 0 aliphatic carbocycles. The van der Waals surface area contributed by atoms with E-state index in [4.69, 9.17) is 4.74 Å². The molecule has 8 heteroatoms. The first kappa shape index (κ1) is 28.5. The second-order valence-corrected chi connectivity index (χ2v) is 13.7. The Labute approximate surface area is 240 Å². The first-order valence-corrected chi connectivity index (χ1v) is 15.3. The zero-order chi connectivity index (χ0) is 29.3. The van der Waals surface area contributed by atoms with Crippen LogP contribution in [0.25, 0.3) is 0 Å². The summed E-state index contributed by atoms with van der Waals surface area (Å²) in [4.78, 5) is 34.8. The third-order valence-electron chi connectivity index (χ3n) is 7.65. The molecule has 5 rings (SSSR count). The van der Waals surface area contributed by atoms with Gasteiger partial charge in [0.1, 0.15) is 5.92 Å². The van der Waals surface area contributed by atoms with Crippen molar-refractivity contribution in [1.82, 2.24) is 9.97 Å². The monoisotopic (exact) mass is 570 g/mol. The van der Waals surface area contributed by atoms with Gasteiger partial charge in [-0.05, 0) is 27.7 Å². The van der Waals surface area contributed by atoms with Crippen molar-refractivity contribution in [2.24, 2.45) is 11.3 Å². The van der Waals surface area contributed by atoms with Crippen LogP contribution in [-0.4, -0.2) is 35.7 Å². The molecule has 0 radical (unpaired) electrons. The Kier molecular flexibility index (Phi) is 7.70. The number of H-pyrrole nitrogens is 1. The lowest BCUT2D eigenvalue weighted by molar-refractivity contribution is -0.153. The number of ketones is 1. The lowest BCUT2D eigenvalue weighted by atomic mass is 9.66. The molecule has 212 valence electrons. The minimum atomic E-state index is -3.70. The fourth-order valence-corrected chi connectivity index (χ4v) is 7.15. The molecular formula is C33H34N2O5S. The Bertz CT molecular complexity index is 1580. The van der Waals surface area contributed by atoms with Crippen molar-refractivity contribution in [2.45, 2.75) is 56.0 Å². The van der Waals surface area contributed by atoms with Gasteiger partial charge in [0.05, 0.1) is 5.75 Å². The lowest BCUT2D eigenvalue weighted by Crippen LogP contribution is -2.44. The van der Waals surface area contributed by atoms with E-state index in [1.54, 1.807) is 18.2 Å². The molecule has 2 atom stereocenters. The van der Waals surface area contributed by atoms with Crippen LogP contribution in [0.2, 0.25) is 0 Å². The summed E-state index contributed by atoms with van der Waals surface area (Å²) in [6.45, 7) is 5.96. The van der Waals surface area contributed by atoms with Gasteiger partial charge in [-0.15, -0.1) is 0 Å². The average Bonchev–Trinajstić information content (AvgIpc) is 3.54. The quantitative estimate of drug-likeness (QED) is 0.211. The number of carbonyl (C=O) groups is 2. The van der Waals surface area contributed by atoms with Crippen molar-refractivity contribution >= 4 is 21.6 Å². The zero-order valence-electron chi connectivity index (χ0n) is 23.4. The number of benzene rings is 3. The van der Waals surface area contributed by atoms with Gasteiger partial charge in [-0.1, -0.05) is 106 Å². The molecule has 0 amide bonds. The van der Waals surface area contributed by atoms with Gasteiger partial charge in [0.15, 0.2) is 11.4 Å². The Morgan fingerprint density at radius 3 is 2.00 bits per heavy atom. The third-order valence-corrected chi connectivity index (χ3v) is 9.17. The number of nitrogens with one attached hydrogen (secondary N) is 1. The van der Waals surface area contributed by atoms with Crippen LogP contribution in [0.15, 0.2) is 102 Å². The van der Waals surface area contributed by atoms with E-state index in [-0.39, 0.29) is 29.5 Å². The highest BCUT2D eigenvalue weighted by Gasteiger charge is 2.59. The van der Waals surface area contributed by atoms with Gasteiger partial charge in [-0.2, -0.15) is 0 Å². The van der Waals surface area contributed by atoms with Gasteiger partial charge >= 0.3 is 5.97 Å². The number of hydrogen-bond acceptors (Lipinski definition) is 6. The third kappa shape index (κ3) is 6.03. The molecule has 1 aliphatic rings. The van der Waals surface area contributed by atoms with Gasteiger partial charge in [-0.25, -0.2) is 13.4 Å². The number of aromatic amines is 1. The fourth-order valence-electron chi connectivity index (χ4n) is 5.92. The first-order chi connectivity index (χ1) is 19.5. The number of Topliss-reactive ketones (excluding diaryl/α,β-unsaturated/α-hetero) is 1. The molecule has 1 N–H and O–H groups in total. The molecule has 0 saturated carbocycles. The maximum absolute atomic E-state index is 14.5. The fraction of sp³-hybridized carbons (Fsp3) is 0.303. The molecule has 4 aromatic rings. The molecule has 3 aromatic carbocycles. The predicted octanol–water partition coefficient (Wildman–Crippen LogP) is 5.48. The number of imidazole rings is 1. The van der Waals surface area contributed by atoms with E-state index < -0.39 is 38.7 Å². The lowest BCUT2D eigenvalue weighted by Gasteiger charge is -2.34. The van der Waals surface area contributed by atoms with Gasteiger partial charge < -0.3 is 9.72 Å². The van der Waals surface area contributed by atoms with Crippen molar-refractivity contribution in [1.29, 1.82) is 0 Å². The zero-order valence-corrected chi connectivity index (χ0v) is 24.2. The minimum Gasteiger partial charge on any atom is -0.450 e. The topological polar surface area (TPSA) is 106 Å². The Balaban J connectivity index is 1.53. The van der Waals surface area contributed by atoms with Crippen molar-refractivity contribution < 1.29 is 22.7 Å². The molecule has 0 spiro atoms. The number of carbonyl (C=O) groups excluding carboxylic acids is 2. The SMILES string of the molecule is CC(C)(C)C(c1cccc(CS(=O)(=O)c2ncc[nH]2)c1)C1C(=O)OC(Cc2ccccc2)(Cc2ccccc2)C1=O. The summed E-state index contributed by atoms with van der Waals surface area (Å²) in [5.74, 6) is -2.64. The van der Waals surface area contributed by atoms with Crippen LogP contribution in [0.4, 0.5) is 0 Å². The van der Waals surface area contributed by atoms with E-state index in [1.165, 1.54) is 12.4 Å². The molecule has 1 fully saturated rings. The minimum absolute atomic E-state index is 0.101. The Hall–Kier alpha value is -4.04. The summed E-state index contributed by atoms with van der Waals surface area (Å²) in [7, 11) is -3.70. The highest BCUT2D eigenvalue weighted by molar-refractivity contribution is 7.90. The van der Waals surface area contributed by atoms with Gasteiger partial charge in [0.25, 0.3) is 0 Å². The van der Waals surface area contributed by atoms with Crippen LogP contribution in [0, 0.1) is 11.3 Å². The summed E-state index contributed by atoms with van der Waals surface area (Å²) < 4.78 is 32.0. The summed E-state index contributed by atoms with van der Waals surface area (Å²) in [5, 5.41) is -0.101. The van der Waals surface area contributed by atoms with Gasteiger partial charge in [-0.3, -0.25) is 9.59 Å². The van der Waals surface area contributed by atoms with E-state index in [1.807, 2.05) is 87.5 Å². The van der Waals surface area contributed by atoms with E-state index in [0.29, 0.717) is 5.56 Å².